The number of esters is 2. The molecule has 4 saturated carbocycles. The number of rotatable bonds is 3. The zero-order valence-corrected chi connectivity index (χ0v) is 17.7. The van der Waals surface area contributed by atoms with Crippen molar-refractivity contribution in [3.05, 3.63) is 28.8 Å². The number of hydrogen-bond donors (Lipinski definition) is 1. The SMILES string of the molecule is COc1cc(C=C2C(=O)OC(C)(C)OC2=O)cc(C23CC4CC(CC(C4)C2)C3)c1O. The number of phenolic OH excluding ortho intramolecular Hbond substituents is 1. The molecule has 4 aliphatic carbocycles. The van der Waals surface area contributed by atoms with E-state index in [1.54, 1.807) is 6.07 Å². The normalized spacial score (nSPS) is 33.8. The summed E-state index contributed by atoms with van der Waals surface area (Å²) < 4.78 is 15.9. The molecule has 1 N–H and O–H groups in total. The first-order valence-electron chi connectivity index (χ1n) is 10.8. The summed E-state index contributed by atoms with van der Waals surface area (Å²) in [6, 6.07) is 3.56. The van der Waals surface area contributed by atoms with Gasteiger partial charge in [0, 0.05) is 19.4 Å². The van der Waals surface area contributed by atoms with Crippen LogP contribution in [-0.2, 0) is 24.5 Å². The maximum atomic E-state index is 12.4. The first-order chi connectivity index (χ1) is 14.2. The summed E-state index contributed by atoms with van der Waals surface area (Å²) in [5.74, 6) is -0.0101. The molecule has 1 aliphatic heterocycles. The third-order valence-corrected chi connectivity index (χ3v) is 7.35. The quantitative estimate of drug-likeness (QED) is 0.458. The minimum Gasteiger partial charge on any atom is -0.504 e. The minimum atomic E-state index is -1.28. The van der Waals surface area contributed by atoms with Gasteiger partial charge in [-0.1, -0.05) is 0 Å². The van der Waals surface area contributed by atoms with Crippen LogP contribution in [0.2, 0.25) is 0 Å². The third kappa shape index (κ3) is 3.08. The van der Waals surface area contributed by atoms with Gasteiger partial charge in [-0.25, -0.2) is 9.59 Å². The standard InChI is InChI=1S/C24H28O6/c1-23(2)29-21(26)17(22(27)30-23)7-13-8-18(20(25)19(9-13)28-3)24-10-14-4-15(11-24)6-16(5-14)12-24/h7-9,14-16,25H,4-6,10-12H2,1-3H3. The molecule has 0 radical (unpaired) electrons. The van der Waals surface area contributed by atoms with Gasteiger partial charge in [-0.3, -0.25) is 0 Å². The predicted molar refractivity (Wildman–Crippen MR) is 109 cm³/mol. The summed E-state index contributed by atoms with van der Waals surface area (Å²) in [6.07, 6.45) is 8.61. The maximum Gasteiger partial charge on any atom is 0.348 e. The summed E-state index contributed by atoms with van der Waals surface area (Å²) in [5, 5.41) is 11.0. The van der Waals surface area contributed by atoms with Crippen molar-refractivity contribution in [1.29, 1.82) is 0 Å². The molecule has 30 heavy (non-hydrogen) atoms. The summed E-state index contributed by atoms with van der Waals surface area (Å²) >= 11 is 0. The van der Waals surface area contributed by atoms with Gasteiger partial charge in [0.2, 0.25) is 0 Å². The highest BCUT2D eigenvalue weighted by molar-refractivity contribution is 6.18. The Kier molecular flexibility index (Phi) is 4.21. The lowest BCUT2D eigenvalue weighted by molar-refractivity contribution is -0.222. The topological polar surface area (TPSA) is 82.1 Å². The molecule has 0 atom stereocenters. The van der Waals surface area contributed by atoms with E-state index in [0.717, 1.165) is 24.8 Å². The Labute approximate surface area is 176 Å². The fraction of sp³-hybridized carbons (Fsp3) is 0.583. The number of methoxy groups -OCH3 is 1. The average molecular weight is 412 g/mol. The molecule has 1 saturated heterocycles. The Hall–Kier alpha value is -2.50. The van der Waals surface area contributed by atoms with E-state index < -0.39 is 17.7 Å². The summed E-state index contributed by atoms with van der Waals surface area (Å²) in [7, 11) is 1.51. The summed E-state index contributed by atoms with van der Waals surface area (Å²) in [6.45, 7) is 3.04. The lowest BCUT2D eigenvalue weighted by Gasteiger charge is -2.57. The number of phenols is 1. The van der Waals surface area contributed by atoms with E-state index in [1.807, 2.05) is 6.07 Å². The van der Waals surface area contributed by atoms with Crippen LogP contribution in [0.15, 0.2) is 17.7 Å². The molecule has 1 aromatic rings. The van der Waals surface area contributed by atoms with Crippen LogP contribution in [-0.4, -0.2) is 29.9 Å². The Morgan fingerprint density at radius 2 is 1.53 bits per heavy atom. The molecule has 5 fully saturated rings. The second-order valence-electron chi connectivity index (χ2n) is 10.1. The van der Waals surface area contributed by atoms with Gasteiger partial charge in [0.25, 0.3) is 5.79 Å². The molecule has 6 heteroatoms. The zero-order chi connectivity index (χ0) is 21.3. The number of ether oxygens (including phenoxy) is 3. The molecule has 6 nitrogen and oxygen atoms in total. The Morgan fingerprint density at radius 3 is 2.03 bits per heavy atom. The van der Waals surface area contributed by atoms with E-state index in [0.29, 0.717) is 29.1 Å². The lowest BCUT2D eigenvalue weighted by atomic mass is 9.48. The molecule has 160 valence electrons. The summed E-state index contributed by atoms with van der Waals surface area (Å²) in [4.78, 5) is 24.8. The van der Waals surface area contributed by atoms with Gasteiger partial charge in [-0.2, -0.15) is 0 Å². The molecular formula is C24H28O6. The highest BCUT2D eigenvalue weighted by Crippen LogP contribution is 2.62. The van der Waals surface area contributed by atoms with E-state index in [2.05, 4.69) is 0 Å². The van der Waals surface area contributed by atoms with Crippen LogP contribution >= 0.6 is 0 Å². The Balaban J connectivity index is 1.57. The Morgan fingerprint density at radius 1 is 1.00 bits per heavy atom. The molecule has 0 amide bonds. The molecule has 1 aromatic carbocycles. The fourth-order valence-electron chi connectivity index (χ4n) is 6.66. The number of cyclic esters (lactones) is 2. The largest absolute Gasteiger partial charge is 0.504 e. The van der Waals surface area contributed by atoms with Crippen molar-refractivity contribution in [2.75, 3.05) is 7.11 Å². The van der Waals surface area contributed by atoms with Crippen LogP contribution in [0, 0.1) is 17.8 Å². The summed E-state index contributed by atoms with van der Waals surface area (Å²) in [5.41, 5.74) is 1.29. The van der Waals surface area contributed by atoms with Crippen molar-refractivity contribution in [2.45, 2.75) is 63.6 Å². The van der Waals surface area contributed by atoms with E-state index in [1.165, 1.54) is 46.3 Å². The predicted octanol–water partition coefficient (Wildman–Crippen LogP) is 4.09. The van der Waals surface area contributed by atoms with Crippen LogP contribution in [0.5, 0.6) is 11.5 Å². The van der Waals surface area contributed by atoms with E-state index in [9.17, 15) is 14.7 Å². The second-order valence-corrected chi connectivity index (χ2v) is 10.1. The molecule has 1 heterocycles. The number of hydrogen-bond acceptors (Lipinski definition) is 6. The Bertz CT molecular complexity index is 899. The molecule has 6 rings (SSSR count). The number of carbonyl (C=O) groups is 2. The van der Waals surface area contributed by atoms with Crippen molar-refractivity contribution in [2.24, 2.45) is 17.8 Å². The number of aromatic hydroxyl groups is 1. The maximum absolute atomic E-state index is 12.4. The van der Waals surface area contributed by atoms with E-state index >= 15 is 0 Å². The molecule has 0 aromatic heterocycles. The molecular weight excluding hydrogens is 384 g/mol. The van der Waals surface area contributed by atoms with Crippen LogP contribution in [0.1, 0.15) is 63.5 Å². The van der Waals surface area contributed by atoms with Gasteiger partial charge in [0.15, 0.2) is 11.5 Å². The van der Waals surface area contributed by atoms with Crippen molar-refractivity contribution < 1.29 is 28.9 Å². The highest BCUT2D eigenvalue weighted by atomic mass is 16.7. The lowest BCUT2D eigenvalue weighted by Crippen LogP contribution is -2.48. The van der Waals surface area contributed by atoms with E-state index in [4.69, 9.17) is 14.2 Å². The van der Waals surface area contributed by atoms with Gasteiger partial charge in [-0.05, 0) is 85.5 Å². The van der Waals surface area contributed by atoms with Crippen molar-refractivity contribution >= 4 is 18.0 Å². The second kappa shape index (κ2) is 6.50. The van der Waals surface area contributed by atoms with Gasteiger partial charge in [-0.15, -0.1) is 0 Å². The van der Waals surface area contributed by atoms with Crippen molar-refractivity contribution in [1.82, 2.24) is 0 Å². The first kappa shape index (κ1) is 19.5. The van der Waals surface area contributed by atoms with Crippen LogP contribution in [0.25, 0.3) is 6.08 Å². The van der Waals surface area contributed by atoms with Crippen LogP contribution in [0.3, 0.4) is 0 Å². The van der Waals surface area contributed by atoms with Gasteiger partial charge >= 0.3 is 11.9 Å². The average Bonchev–Trinajstić information content (AvgIpc) is 2.63. The molecule has 5 aliphatic rings. The van der Waals surface area contributed by atoms with Gasteiger partial charge in [0.1, 0.15) is 5.57 Å². The third-order valence-electron chi connectivity index (χ3n) is 7.35. The number of benzene rings is 1. The highest BCUT2D eigenvalue weighted by Gasteiger charge is 2.52. The molecule has 0 unspecified atom stereocenters. The fourth-order valence-corrected chi connectivity index (χ4v) is 6.66. The van der Waals surface area contributed by atoms with Gasteiger partial charge in [0.05, 0.1) is 7.11 Å². The number of carbonyl (C=O) groups excluding carboxylic acids is 2. The van der Waals surface area contributed by atoms with E-state index in [-0.39, 0.29) is 16.7 Å². The zero-order valence-electron chi connectivity index (χ0n) is 17.7. The first-order valence-corrected chi connectivity index (χ1v) is 10.8. The van der Waals surface area contributed by atoms with Crippen molar-refractivity contribution in [3.8, 4) is 11.5 Å². The van der Waals surface area contributed by atoms with Crippen LogP contribution < -0.4 is 4.74 Å². The smallest absolute Gasteiger partial charge is 0.348 e. The monoisotopic (exact) mass is 412 g/mol. The molecule has 4 bridgehead atoms. The minimum absolute atomic E-state index is 0.0593. The molecule has 0 spiro atoms. The van der Waals surface area contributed by atoms with Crippen LogP contribution in [0.4, 0.5) is 0 Å². The van der Waals surface area contributed by atoms with Crippen molar-refractivity contribution in [3.63, 3.8) is 0 Å². The van der Waals surface area contributed by atoms with Gasteiger partial charge < -0.3 is 19.3 Å².